The zero-order chi connectivity index (χ0) is 14.6. The lowest BCUT2D eigenvalue weighted by Gasteiger charge is -2.16. The summed E-state index contributed by atoms with van der Waals surface area (Å²) in [7, 11) is -0.669. The van der Waals surface area contributed by atoms with Gasteiger partial charge in [-0.1, -0.05) is 6.07 Å². The fourth-order valence-corrected chi connectivity index (χ4v) is 2.70. The minimum Gasteiger partial charge on any atom is -0.492 e. The number of nitrogens with zero attached hydrogens (tertiary/aromatic N) is 1. The van der Waals surface area contributed by atoms with Crippen LogP contribution in [-0.4, -0.2) is 39.2 Å². The third kappa shape index (κ3) is 3.78. The summed E-state index contributed by atoms with van der Waals surface area (Å²) in [6, 6.07) is 4.81. The predicted octanol–water partition coefficient (Wildman–Crippen LogP) is 1.47. The van der Waals surface area contributed by atoms with Crippen LogP contribution < -0.4 is 4.74 Å². The monoisotopic (exact) mass is 285 g/mol. The van der Waals surface area contributed by atoms with Gasteiger partial charge >= 0.3 is 0 Å². The lowest BCUT2D eigenvalue weighted by molar-refractivity contribution is -0.116. The normalized spacial score (nSPS) is 11.6. The molecule has 1 aromatic carbocycles. The third-order valence-corrected chi connectivity index (χ3v) is 4.36. The van der Waals surface area contributed by atoms with Crippen molar-refractivity contribution in [3.63, 3.8) is 0 Å². The first-order chi connectivity index (χ1) is 8.78. The van der Waals surface area contributed by atoms with Crippen LogP contribution in [0.1, 0.15) is 19.4 Å². The Morgan fingerprint density at radius 1 is 1.32 bits per heavy atom. The summed E-state index contributed by atoms with van der Waals surface area (Å²) in [6.45, 7) is 3.63. The number of rotatable bonds is 6. The summed E-state index contributed by atoms with van der Waals surface area (Å²) < 4.78 is 30.9. The van der Waals surface area contributed by atoms with Gasteiger partial charge in [0.15, 0.2) is 0 Å². The topological polar surface area (TPSA) is 63.7 Å². The standard InChI is InChI=1S/C13H19NO4S/c1-5-18-12-7-6-11(8-10(2)15)9-13(12)19(16,17)14(3)4/h6-7,9H,5,8H2,1-4H3. The van der Waals surface area contributed by atoms with Crippen molar-refractivity contribution in [2.75, 3.05) is 20.7 Å². The molecule has 19 heavy (non-hydrogen) atoms. The molecule has 0 atom stereocenters. The first-order valence-electron chi connectivity index (χ1n) is 5.96. The molecule has 0 aliphatic carbocycles. The molecule has 0 aromatic heterocycles. The van der Waals surface area contributed by atoms with Crippen molar-refractivity contribution in [3.8, 4) is 5.75 Å². The van der Waals surface area contributed by atoms with Crippen molar-refractivity contribution in [3.05, 3.63) is 23.8 Å². The highest BCUT2D eigenvalue weighted by Crippen LogP contribution is 2.27. The van der Waals surface area contributed by atoms with Crippen LogP contribution in [0.2, 0.25) is 0 Å². The van der Waals surface area contributed by atoms with E-state index in [1.54, 1.807) is 19.1 Å². The molecule has 0 amide bonds. The average Bonchev–Trinajstić information content (AvgIpc) is 2.30. The molecule has 0 N–H and O–H groups in total. The number of ketones is 1. The van der Waals surface area contributed by atoms with Gasteiger partial charge in [0.25, 0.3) is 0 Å². The summed E-state index contributed by atoms with van der Waals surface area (Å²) in [5.41, 5.74) is 0.663. The predicted molar refractivity (Wildman–Crippen MR) is 72.9 cm³/mol. The zero-order valence-corrected chi connectivity index (χ0v) is 12.5. The SMILES string of the molecule is CCOc1ccc(CC(C)=O)cc1S(=O)(=O)N(C)C. The van der Waals surface area contributed by atoms with Crippen LogP contribution in [0.25, 0.3) is 0 Å². The maximum atomic E-state index is 12.2. The van der Waals surface area contributed by atoms with Gasteiger partial charge in [0.05, 0.1) is 6.61 Å². The highest BCUT2D eigenvalue weighted by molar-refractivity contribution is 7.89. The molecule has 0 bridgehead atoms. The van der Waals surface area contributed by atoms with Gasteiger partial charge in [0, 0.05) is 20.5 Å². The number of carbonyl (C=O) groups is 1. The Bertz CT molecular complexity index is 564. The van der Waals surface area contributed by atoms with E-state index >= 15 is 0 Å². The van der Waals surface area contributed by atoms with Crippen molar-refractivity contribution < 1.29 is 17.9 Å². The number of hydrogen-bond acceptors (Lipinski definition) is 4. The van der Waals surface area contributed by atoms with Crippen LogP contribution >= 0.6 is 0 Å². The van der Waals surface area contributed by atoms with Gasteiger partial charge < -0.3 is 4.74 Å². The molecule has 106 valence electrons. The Morgan fingerprint density at radius 2 is 1.95 bits per heavy atom. The van der Waals surface area contributed by atoms with Crippen LogP contribution in [0.3, 0.4) is 0 Å². The number of ether oxygens (including phenoxy) is 1. The van der Waals surface area contributed by atoms with Gasteiger partial charge in [0.2, 0.25) is 10.0 Å². The molecular weight excluding hydrogens is 266 g/mol. The molecule has 0 radical (unpaired) electrons. The van der Waals surface area contributed by atoms with E-state index in [1.807, 2.05) is 0 Å². The quantitative estimate of drug-likeness (QED) is 0.794. The highest BCUT2D eigenvalue weighted by atomic mass is 32.2. The van der Waals surface area contributed by atoms with E-state index in [0.717, 1.165) is 4.31 Å². The Morgan fingerprint density at radius 3 is 2.42 bits per heavy atom. The fourth-order valence-electron chi connectivity index (χ4n) is 1.62. The summed E-state index contributed by atoms with van der Waals surface area (Å²) in [4.78, 5) is 11.2. The summed E-state index contributed by atoms with van der Waals surface area (Å²) in [6.07, 6.45) is 0.211. The number of Topliss-reactive ketones (excluding diaryl/α,β-unsaturated/α-hetero) is 1. The minimum atomic E-state index is -3.59. The lowest BCUT2D eigenvalue weighted by atomic mass is 10.1. The molecular formula is C13H19NO4S. The number of hydrogen-bond donors (Lipinski definition) is 0. The van der Waals surface area contributed by atoms with Crippen LogP contribution in [0.15, 0.2) is 23.1 Å². The molecule has 0 unspecified atom stereocenters. The van der Waals surface area contributed by atoms with E-state index in [0.29, 0.717) is 17.9 Å². The van der Waals surface area contributed by atoms with Gasteiger partial charge in [-0.3, -0.25) is 4.79 Å². The van der Waals surface area contributed by atoms with Crippen molar-refractivity contribution in [2.45, 2.75) is 25.2 Å². The molecule has 0 saturated heterocycles. The van der Waals surface area contributed by atoms with Crippen LogP contribution in [0.4, 0.5) is 0 Å². The van der Waals surface area contributed by atoms with E-state index < -0.39 is 10.0 Å². The lowest BCUT2D eigenvalue weighted by Crippen LogP contribution is -2.23. The second-order valence-electron chi connectivity index (χ2n) is 4.38. The minimum absolute atomic E-state index is 0.0163. The van der Waals surface area contributed by atoms with Gasteiger partial charge in [-0.2, -0.15) is 0 Å². The van der Waals surface area contributed by atoms with Gasteiger partial charge in [-0.25, -0.2) is 12.7 Å². The van der Waals surface area contributed by atoms with Crippen LogP contribution in [0.5, 0.6) is 5.75 Å². The van der Waals surface area contributed by atoms with E-state index in [9.17, 15) is 13.2 Å². The molecule has 0 aliphatic rings. The first kappa shape index (κ1) is 15.7. The van der Waals surface area contributed by atoms with E-state index in [2.05, 4.69) is 0 Å². The van der Waals surface area contributed by atoms with Gasteiger partial charge in [-0.05, 0) is 31.5 Å². The molecule has 0 aliphatic heterocycles. The Hall–Kier alpha value is -1.40. The largest absolute Gasteiger partial charge is 0.492 e. The van der Waals surface area contributed by atoms with Gasteiger partial charge in [0.1, 0.15) is 16.4 Å². The molecule has 6 heteroatoms. The Labute approximate surface area is 114 Å². The van der Waals surface area contributed by atoms with Crippen LogP contribution in [0, 0.1) is 0 Å². The molecule has 5 nitrogen and oxygen atoms in total. The number of carbonyl (C=O) groups excluding carboxylic acids is 1. The number of sulfonamides is 1. The van der Waals surface area contributed by atoms with Crippen molar-refractivity contribution in [1.29, 1.82) is 0 Å². The summed E-state index contributed by atoms with van der Waals surface area (Å²) in [5, 5.41) is 0. The molecule has 0 spiro atoms. The van der Waals surface area contributed by atoms with E-state index in [1.165, 1.54) is 27.1 Å². The zero-order valence-electron chi connectivity index (χ0n) is 11.6. The Kier molecular flexibility index (Phi) is 5.08. The maximum absolute atomic E-state index is 12.2. The molecule has 0 fully saturated rings. The van der Waals surface area contributed by atoms with Gasteiger partial charge in [-0.15, -0.1) is 0 Å². The summed E-state index contributed by atoms with van der Waals surface area (Å²) >= 11 is 0. The third-order valence-electron chi connectivity index (χ3n) is 2.52. The van der Waals surface area contributed by atoms with Crippen LogP contribution in [-0.2, 0) is 21.2 Å². The second kappa shape index (κ2) is 6.16. The van der Waals surface area contributed by atoms with E-state index in [-0.39, 0.29) is 17.1 Å². The highest BCUT2D eigenvalue weighted by Gasteiger charge is 2.22. The van der Waals surface area contributed by atoms with E-state index in [4.69, 9.17) is 4.74 Å². The number of benzene rings is 1. The molecule has 1 aromatic rings. The van der Waals surface area contributed by atoms with Crippen molar-refractivity contribution in [2.24, 2.45) is 0 Å². The Balaban J connectivity index is 3.35. The first-order valence-corrected chi connectivity index (χ1v) is 7.40. The summed E-state index contributed by atoms with van der Waals surface area (Å²) in [5.74, 6) is 0.292. The smallest absolute Gasteiger partial charge is 0.246 e. The average molecular weight is 285 g/mol. The van der Waals surface area contributed by atoms with Crippen molar-refractivity contribution >= 4 is 15.8 Å². The second-order valence-corrected chi connectivity index (χ2v) is 6.50. The maximum Gasteiger partial charge on any atom is 0.246 e. The molecule has 1 rings (SSSR count). The van der Waals surface area contributed by atoms with Crippen molar-refractivity contribution in [1.82, 2.24) is 4.31 Å². The molecule has 0 saturated carbocycles. The fraction of sp³-hybridized carbons (Fsp3) is 0.462. The molecule has 0 heterocycles.